The van der Waals surface area contributed by atoms with Gasteiger partial charge >= 0.3 is 6.08 Å². The first-order valence-electron chi connectivity index (χ1n) is 8.01. The molecule has 0 aromatic carbocycles. The molecule has 1 amide bonds. The Morgan fingerprint density at radius 1 is 1.42 bits per heavy atom. The van der Waals surface area contributed by atoms with Crippen molar-refractivity contribution in [3.05, 3.63) is 23.3 Å². The van der Waals surface area contributed by atoms with Crippen molar-refractivity contribution in [2.45, 2.75) is 18.9 Å². The van der Waals surface area contributed by atoms with Crippen molar-refractivity contribution in [3.8, 4) is 17.0 Å². The van der Waals surface area contributed by atoms with Gasteiger partial charge in [-0.15, -0.1) is 4.98 Å². The van der Waals surface area contributed by atoms with Crippen LogP contribution >= 0.6 is 11.3 Å². The van der Waals surface area contributed by atoms with Crippen molar-refractivity contribution in [2.24, 2.45) is 5.92 Å². The van der Waals surface area contributed by atoms with Gasteiger partial charge in [0, 0.05) is 12.6 Å². The quantitative estimate of drug-likeness (QED) is 0.893. The van der Waals surface area contributed by atoms with Crippen LogP contribution in [0.25, 0.3) is 0 Å². The van der Waals surface area contributed by atoms with Gasteiger partial charge in [-0.1, -0.05) is 11.3 Å². The number of nitrogens with one attached hydrogen (secondary N) is 1. The lowest BCUT2D eigenvalue weighted by Crippen LogP contribution is -2.57. The molecule has 3 saturated heterocycles. The van der Waals surface area contributed by atoms with Crippen LogP contribution in [0.1, 0.15) is 22.5 Å². The van der Waals surface area contributed by atoms with Crippen molar-refractivity contribution in [1.82, 2.24) is 15.2 Å². The predicted molar refractivity (Wildman–Crippen MR) is 87.9 cm³/mol. The lowest BCUT2D eigenvalue weighted by molar-refractivity contribution is 0.0622. The summed E-state index contributed by atoms with van der Waals surface area (Å²) in [5.74, 6) is 0.912. The highest BCUT2D eigenvalue weighted by atomic mass is 32.1. The van der Waals surface area contributed by atoms with Crippen molar-refractivity contribution >= 4 is 17.2 Å². The molecular formula is C16H19N3O4S. The highest BCUT2D eigenvalue weighted by Crippen LogP contribution is 2.31. The first kappa shape index (κ1) is 15.5. The van der Waals surface area contributed by atoms with Crippen LogP contribution in [0.3, 0.4) is 0 Å². The summed E-state index contributed by atoms with van der Waals surface area (Å²) < 4.78 is 15.6. The minimum Gasteiger partial charge on any atom is -0.479 e. The second-order valence-electron chi connectivity index (χ2n) is 6.09. The molecule has 5 heterocycles. The number of thiophene rings is 1. The van der Waals surface area contributed by atoms with E-state index in [2.05, 4.69) is 15.2 Å². The number of rotatable bonds is 5. The van der Waals surface area contributed by atoms with Gasteiger partial charge in [-0.05, 0) is 44.0 Å². The van der Waals surface area contributed by atoms with Gasteiger partial charge in [0.15, 0.2) is 11.3 Å². The Balaban J connectivity index is 1.38. The molecule has 8 heteroatoms. The molecule has 3 aliphatic rings. The number of carbonyl (C=O) groups is 1. The van der Waals surface area contributed by atoms with Gasteiger partial charge in [0.1, 0.15) is 0 Å². The number of methoxy groups -OCH3 is 1. The fourth-order valence-electron chi connectivity index (χ4n) is 3.34. The fraction of sp³-hybridized carbons (Fsp3) is 0.500. The smallest absolute Gasteiger partial charge is 0.403 e. The van der Waals surface area contributed by atoms with Crippen molar-refractivity contribution in [3.63, 3.8) is 0 Å². The summed E-state index contributed by atoms with van der Waals surface area (Å²) in [6, 6.07) is 3.76. The topological polar surface area (TPSA) is 76.8 Å². The Morgan fingerprint density at radius 2 is 2.25 bits per heavy atom. The SMILES string of the molecule is COc1coc(Oc2ccc(C(=O)N[C@H]3CN4CCC3CC4)s2)n1. The Morgan fingerprint density at radius 3 is 2.92 bits per heavy atom. The third kappa shape index (κ3) is 3.11. The normalized spacial score (nSPS) is 25.5. The number of piperidine rings is 3. The van der Waals surface area contributed by atoms with E-state index in [9.17, 15) is 4.79 Å². The van der Waals surface area contributed by atoms with Crippen LogP contribution in [0.2, 0.25) is 0 Å². The number of amides is 1. The number of nitrogens with zero attached hydrogens (tertiary/aromatic N) is 2. The molecule has 2 aromatic rings. The molecule has 24 heavy (non-hydrogen) atoms. The fourth-order valence-corrected chi connectivity index (χ4v) is 4.09. The molecule has 7 nitrogen and oxygen atoms in total. The molecule has 0 saturated carbocycles. The molecule has 3 fully saturated rings. The number of oxazole rings is 1. The standard InChI is InChI=1S/C16H19N3O4S/c1-21-13-9-22-16(18-13)23-14-3-2-12(24-14)15(20)17-11-8-19-6-4-10(11)5-7-19/h2-3,9-11H,4-8H2,1H3,(H,17,20)/t11-/m0/s1. The molecule has 0 spiro atoms. The minimum absolute atomic E-state index is 0.0430. The molecule has 2 bridgehead atoms. The van der Waals surface area contributed by atoms with Crippen molar-refractivity contribution < 1.29 is 18.7 Å². The summed E-state index contributed by atoms with van der Waals surface area (Å²) in [7, 11) is 1.50. The second kappa shape index (κ2) is 6.45. The predicted octanol–water partition coefficient (Wildman–Crippen LogP) is 2.36. The second-order valence-corrected chi connectivity index (χ2v) is 7.14. The molecule has 0 radical (unpaired) electrons. The number of aromatic nitrogens is 1. The van der Waals surface area contributed by atoms with Gasteiger partial charge in [-0.2, -0.15) is 0 Å². The maximum Gasteiger partial charge on any atom is 0.403 e. The molecule has 128 valence electrons. The first-order valence-corrected chi connectivity index (χ1v) is 8.83. The first-order chi connectivity index (χ1) is 11.7. The largest absolute Gasteiger partial charge is 0.479 e. The van der Waals surface area contributed by atoms with Gasteiger partial charge in [-0.25, -0.2) is 0 Å². The zero-order chi connectivity index (χ0) is 16.5. The maximum absolute atomic E-state index is 12.5. The molecule has 0 unspecified atom stereocenters. The Kier molecular flexibility index (Phi) is 4.15. The minimum atomic E-state index is -0.0430. The highest BCUT2D eigenvalue weighted by molar-refractivity contribution is 7.15. The van der Waals surface area contributed by atoms with Crippen LogP contribution in [-0.2, 0) is 0 Å². The molecule has 1 N–H and O–H groups in total. The van der Waals surface area contributed by atoms with E-state index < -0.39 is 0 Å². The Hall–Kier alpha value is -2.06. The van der Waals surface area contributed by atoms with Crippen LogP contribution < -0.4 is 14.8 Å². The van der Waals surface area contributed by atoms with E-state index in [1.54, 1.807) is 12.1 Å². The average molecular weight is 349 g/mol. The van der Waals surface area contributed by atoms with E-state index >= 15 is 0 Å². The van der Waals surface area contributed by atoms with E-state index in [1.165, 1.54) is 37.6 Å². The van der Waals surface area contributed by atoms with Crippen molar-refractivity contribution in [2.75, 3.05) is 26.7 Å². The molecule has 1 atom stereocenters. The zero-order valence-electron chi connectivity index (χ0n) is 13.4. The van der Waals surface area contributed by atoms with Crippen LogP contribution in [0.4, 0.5) is 0 Å². The number of hydrogen-bond acceptors (Lipinski definition) is 7. The van der Waals surface area contributed by atoms with Gasteiger partial charge in [0.25, 0.3) is 11.8 Å². The van der Waals surface area contributed by atoms with E-state index in [0.29, 0.717) is 21.7 Å². The summed E-state index contributed by atoms with van der Waals surface area (Å²) in [4.78, 5) is 19.5. The summed E-state index contributed by atoms with van der Waals surface area (Å²) >= 11 is 1.27. The monoisotopic (exact) mass is 349 g/mol. The average Bonchev–Trinajstić information content (AvgIpc) is 3.26. The summed E-state index contributed by atoms with van der Waals surface area (Å²) in [6.07, 6.45) is 3.81. The van der Waals surface area contributed by atoms with Gasteiger partial charge in [-0.3, -0.25) is 4.79 Å². The lowest BCUT2D eigenvalue weighted by atomic mass is 9.84. The van der Waals surface area contributed by atoms with Crippen molar-refractivity contribution in [1.29, 1.82) is 0 Å². The molecule has 5 rings (SSSR count). The number of fused-ring (bicyclic) bond motifs is 3. The van der Waals surface area contributed by atoms with Crippen LogP contribution in [0, 0.1) is 5.92 Å². The molecular weight excluding hydrogens is 330 g/mol. The maximum atomic E-state index is 12.5. The third-order valence-electron chi connectivity index (χ3n) is 4.64. The van der Waals surface area contributed by atoms with E-state index in [-0.39, 0.29) is 18.0 Å². The van der Waals surface area contributed by atoms with Gasteiger partial charge in [0.2, 0.25) is 0 Å². The number of ether oxygens (including phenoxy) is 2. The van der Waals surface area contributed by atoms with E-state index in [1.807, 2.05) is 0 Å². The van der Waals surface area contributed by atoms with Crippen LogP contribution in [0.15, 0.2) is 22.8 Å². The molecule has 3 aliphatic heterocycles. The van der Waals surface area contributed by atoms with Gasteiger partial charge in [0.05, 0.1) is 12.0 Å². The molecule has 2 aromatic heterocycles. The molecule has 0 aliphatic carbocycles. The van der Waals surface area contributed by atoms with E-state index in [0.717, 1.165) is 19.6 Å². The summed E-state index contributed by atoms with van der Waals surface area (Å²) in [6.45, 7) is 3.28. The summed E-state index contributed by atoms with van der Waals surface area (Å²) in [5.41, 5.74) is 0. The van der Waals surface area contributed by atoms with Crippen LogP contribution in [-0.4, -0.2) is 48.6 Å². The zero-order valence-corrected chi connectivity index (χ0v) is 14.2. The highest BCUT2D eigenvalue weighted by Gasteiger charge is 2.35. The Bertz CT molecular complexity index is 720. The van der Waals surface area contributed by atoms with Crippen LogP contribution in [0.5, 0.6) is 17.0 Å². The lowest BCUT2D eigenvalue weighted by Gasteiger charge is -2.44. The number of carbonyl (C=O) groups excluding carboxylic acids is 1. The number of hydrogen-bond donors (Lipinski definition) is 1. The summed E-state index contributed by atoms with van der Waals surface area (Å²) in [5, 5.41) is 3.73. The van der Waals surface area contributed by atoms with E-state index in [4.69, 9.17) is 13.9 Å². The third-order valence-corrected chi connectivity index (χ3v) is 5.60. The Labute approximate surface area is 143 Å². The van der Waals surface area contributed by atoms with Gasteiger partial charge < -0.3 is 24.1 Å².